The largest absolute Gasteiger partial charge is 0.396 e. The Kier molecular flexibility index (Phi) is 7.95. The molecule has 1 aliphatic rings. The number of rotatable bonds is 2. The molecule has 2 N–H and O–H groups in total. The second-order valence-corrected chi connectivity index (χ2v) is 2.07. The Hall–Kier alpha value is -0.570. The lowest BCUT2D eigenvalue weighted by molar-refractivity contribution is 0.287. The van der Waals surface area contributed by atoms with Gasteiger partial charge in [0.05, 0.1) is 12.9 Å². The van der Waals surface area contributed by atoms with E-state index in [-0.39, 0.29) is 0 Å². The molecule has 0 radical (unpaired) electrons. The third kappa shape index (κ3) is 7.43. The lowest BCUT2D eigenvalue weighted by Gasteiger charge is -1.79. The molecular formula is C7H16N2O. The Morgan fingerprint density at radius 3 is 2.60 bits per heavy atom. The van der Waals surface area contributed by atoms with Crippen molar-refractivity contribution in [3.05, 3.63) is 0 Å². The molecule has 0 amide bonds. The van der Waals surface area contributed by atoms with Gasteiger partial charge in [-0.15, -0.1) is 0 Å². The van der Waals surface area contributed by atoms with Gasteiger partial charge >= 0.3 is 0 Å². The fraction of sp³-hybridized carbons (Fsp3) is 0.857. The lowest BCUT2D eigenvalue weighted by atomic mass is 10.4. The average molecular weight is 144 g/mol. The topological polar surface area (TPSA) is 44.6 Å². The average Bonchev–Trinajstić information content (AvgIpc) is 2.44. The van der Waals surface area contributed by atoms with E-state index in [9.17, 15) is 0 Å². The summed E-state index contributed by atoms with van der Waals surface area (Å²) >= 11 is 0. The molecule has 1 aliphatic heterocycles. The van der Waals surface area contributed by atoms with Crippen LogP contribution in [-0.4, -0.2) is 31.1 Å². The van der Waals surface area contributed by atoms with Crippen molar-refractivity contribution >= 4 is 6.34 Å². The van der Waals surface area contributed by atoms with E-state index in [0.29, 0.717) is 6.61 Å². The smallest absolute Gasteiger partial charge is 0.0825 e. The van der Waals surface area contributed by atoms with Crippen LogP contribution in [0, 0.1) is 0 Å². The molecule has 0 spiro atoms. The van der Waals surface area contributed by atoms with Gasteiger partial charge < -0.3 is 10.4 Å². The summed E-state index contributed by atoms with van der Waals surface area (Å²) in [6, 6.07) is 0. The van der Waals surface area contributed by atoms with E-state index in [1.807, 2.05) is 0 Å². The third-order valence-corrected chi connectivity index (χ3v) is 1.08. The van der Waals surface area contributed by atoms with Crippen LogP contribution in [0.5, 0.6) is 0 Å². The molecule has 0 saturated heterocycles. The van der Waals surface area contributed by atoms with E-state index in [2.05, 4.69) is 17.2 Å². The third-order valence-electron chi connectivity index (χ3n) is 1.08. The molecule has 0 atom stereocenters. The van der Waals surface area contributed by atoms with Crippen molar-refractivity contribution in [3.8, 4) is 0 Å². The van der Waals surface area contributed by atoms with E-state index in [1.165, 1.54) is 0 Å². The van der Waals surface area contributed by atoms with E-state index in [0.717, 1.165) is 25.9 Å². The standard InChI is InChI=1S/C4H10O.C3H6N2/c1-2-3-4-5;1-2-5-3-4-1/h5H,2-4H2,1H3;3H,1-2H2,(H,4,5). The first kappa shape index (κ1) is 9.43. The van der Waals surface area contributed by atoms with Crippen molar-refractivity contribution in [1.82, 2.24) is 5.32 Å². The van der Waals surface area contributed by atoms with Crippen molar-refractivity contribution in [2.45, 2.75) is 19.8 Å². The van der Waals surface area contributed by atoms with Crippen molar-refractivity contribution in [2.75, 3.05) is 19.7 Å². The molecule has 3 nitrogen and oxygen atoms in total. The molecule has 60 valence electrons. The zero-order valence-corrected chi connectivity index (χ0v) is 6.51. The first-order valence-corrected chi connectivity index (χ1v) is 3.74. The Labute approximate surface area is 62.2 Å². The summed E-state index contributed by atoms with van der Waals surface area (Å²) in [5, 5.41) is 11.0. The fourth-order valence-electron chi connectivity index (χ4n) is 0.481. The van der Waals surface area contributed by atoms with Gasteiger partial charge in [-0.1, -0.05) is 13.3 Å². The minimum Gasteiger partial charge on any atom is -0.396 e. The predicted molar refractivity (Wildman–Crippen MR) is 43.4 cm³/mol. The maximum absolute atomic E-state index is 8.07. The zero-order valence-electron chi connectivity index (χ0n) is 6.51. The number of nitrogens with zero attached hydrogens (tertiary/aromatic N) is 1. The highest BCUT2D eigenvalue weighted by atomic mass is 16.2. The van der Waals surface area contributed by atoms with Crippen LogP contribution in [0.3, 0.4) is 0 Å². The van der Waals surface area contributed by atoms with Crippen LogP contribution in [0.4, 0.5) is 0 Å². The number of nitrogens with one attached hydrogen (secondary N) is 1. The molecule has 10 heavy (non-hydrogen) atoms. The van der Waals surface area contributed by atoms with Crippen LogP contribution in [0.25, 0.3) is 0 Å². The molecule has 0 bridgehead atoms. The highest BCUT2D eigenvalue weighted by Gasteiger charge is 1.82. The number of aliphatic hydroxyl groups excluding tert-OH is 1. The highest BCUT2D eigenvalue weighted by molar-refractivity contribution is 5.56. The van der Waals surface area contributed by atoms with Gasteiger partial charge in [0.25, 0.3) is 0 Å². The van der Waals surface area contributed by atoms with Gasteiger partial charge in [-0.3, -0.25) is 4.99 Å². The summed E-state index contributed by atoms with van der Waals surface area (Å²) in [5.74, 6) is 0. The quantitative estimate of drug-likeness (QED) is 0.589. The molecule has 1 heterocycles. The Balaban J connectivity index is 0.000000162. The van der Waals surface area contributed by atoms with Gasteiger partial charge in [0.1, 0.15) is 0 Å². The number of hydrogen-bond acceptors (Lipinski definition) is 3. The van der Waals surface area contributed by atoms with Crippen molar-refractivity contribution in [1.29, 1.82) is 0 Å². The monoisotopic (exact) mass is 144 g/mol. The Bertz CT molecular complexity index is 75.7. The Morgan fingerprint density at radius 1 is 1.70 bits per heavy atom. The number of unbranched alkanes of at least 4 members (excludes halogenated alkanes) is 1. The van der Waals surface area contributed by atoms with Gasteiger partial charge in [0.2, 0.25) is 0 Å². The molecule has 0 aromatic heterocycles. The predicted octanol–water partition coefficient (Wildman–Crippen LogP) is 0.397. The second-order valence-electron chi connectivity index (χ2n) is 2.07. The first-order valence-electron chi connectivity index (χ1n) is 3.74. The summed E-state index contributed by atoms with van der Waals surface area (Å²) in [5.41, 5.74) is 0. The van der Waals surface area contributed by atoms with Gasteiger partial charge in [-0.2, -0.15) is 0 Å². The van der Waals surface area contributed by atoms with Crippen LogP contribution >= 0.6 is 0 Å². The van der Waals surface area contributed by atoms with Crippen LogP contribution in [0.15, 0.2) is 4.99 Å². The number of aliphatic imine (C=N–C) groups is 1. The SMILES string of the molecule is C1=NCCN1.CCCCO. The summed E-state index contributed by atoms with van der Waals surface area (Å²) in [6.07, 6.45) is 3.77. The minimum atomic E-state index is 0.344. The Morgan fingerprint density at radius 2 is 2.50 bits per heavy atom. The number of aliphatic hydroxyl groups is 1. The van der Waals surface area contributed by atoms with Gasteiger partial charge in [-0.25, -0.2) is 0 Å². The van der Waals surface area contributed by atoms with Crippen LogP contribution in [-0.2, 0) is 0 Å². The summed E-state index contributed by atoms with van der Waals surface area (Å²) in [7, 11) is 0. The van der Waals surface area contributed by atoms with Crippen molar-refractivity contribution in [2.24, 2.45) is 4.99 Å². The van der Waals surface area contributed by atoms with Crippen molar-refractivity contribution < 1.29 is 5.11 Å². The molecule has 0 aromatic carbocycles. The van der Waals surface area contributed by atoms with E-state index >= 15 is 0 Å². The van der Waals surface area contributed by atoms with Crippen LogP contribution in [0.1, 0.15) is 19.8 Å². The normalized spacial score (nSPS) is 13.8. The molecule has 0 unspecified atom stereocenters. The maximum Gasteiger partial charge on any atom is 0.0825 e. The zero-order chi connectivity index (χ0) is 7.66. The van der Waals surface area contributed by atoms with E-state index in [4.69, 9.17) is 5.11 Å². The molecular weight excluding hydrogens is 128 g/mol. The fourth-order valence-corrected chi connectivity index (χ4v) is 0.481. The van der Waals surface area contributed by atoms with Crippen LogP contribution in [0.2, 0.25) is 0 Å². The van der Waals surface area contributed by atoms with Gasteiger partial charge in [-0.05, 0) is 6.42 Å². The highest BCUT2D eigenvalue weighted by Crippen LogP contribution is 1.78. The molecule has 3 heteroatoms. The molecule has 0 aromatic rings. The molecule has 0 fully saturated rings. The van der Waals surface area contributed by atoms with Crippen molar-refractivity contribution in [3.63, 3.8) is 0 Å². The second kappa shape index (κ2) is 8.43. The maximum atomic E-state index is 8.07. The van der Waals surface area contributed by atoms with Crippen LogP contribution < -0.4 is 5.32 Å². The van der Waals surface area contributed by atoms with Gasteiger partial charge in [0.15, 0.2) is 0 Å². The van der Waals surface area contributed by atoms with E-state index in [1.54, 1.807) is 6.34 Å². The summed E-state index contributed by atoms with van der Waals surface area (Å²) in [6.45, 7) is 4.38. The minimum absolute atomic E-state index is 0.344. The lowest BCUT2D eigenvalue weighted by Crippen LogP contribution is -2.04. The van der Waals surface area contributed by atoms with E-state index < -0.39 is 0 Å². The molecule has 0 aliphatic carbocycles. The summed E-state index contributed by atoms with van der Waals surface area (Å²) in [4.78, 5) is 3.85. The summed E-state index contributed by atoms with van der Waals surface area (Å²) < 4.78 is 0. The van der Waals surface area contributed by atoms with Gasteiger partial charge in [0, 0.05) is 13.2 Å². The number of hydrogen-bond donors (Lipinski definition) is 2. The molecule has 0 saturated carbocycles. The molecule has 1 rings (SSSR count). The first-order chi connectivity index (χ1) is 4.91.